The van der Waals surface area contributed by atoms with E-state index in [4.69, 9.17) is 34.8 Å². The van der Waals surface area contributed by atoms with E-state index in [0.29, 0.717) is 5.92 Å². The van der Waals surface area contributed by atoms with Crippen LogP contribution in [0.2, 0.25) is 15.1 Å². The molecule has 0 aliphatic carbocycles. The molecule has 7 nitrogen and oxygen atoms in total. The molecule has 13 heteroatoms. The molecule has 2 aromatic rings. The monoisotopic (exact) mass is 502 g/mol. The molecule has 0 fully saturated rings. The topological polar surface area (TPSA) is 92.3 Å². The van der Waals surface area contributed by atoms with E-state index < -0.39 is 22.5 Å². The smallest absolute Gasteiger partial charge is 0.246 e. The number of aromatic nitrogens is 2. The van der Waals surface area contributed by atoms with Crippen LogP contribution in [-0.2, 0) is 14.8 Å². The standard InChI is InChI=1S/C15H17Cl3N4O3S3/c1-8(2)7-26-15-21-20-14(27-15)19-13(23)6-22(28(3,24)25)12-5-10(17)9(16)4-11(12)18/h4-5,8H,6-7H2,1-3H3,(H,19,20,23). The molecule has 28 heavy (non-hydrogen) atoms. The Hall–Kier alpha value is -0.780. The number of thioether (sulfide) groups is 1. The van der Waals surface area contributed by atoms with E-state index >= 15 is 0 Å². The second-order valence-electron chi connectivity index (χ2n) is 6.11. The first-order valence-electron chi connectivity index (χ1n) is 7.85. The Balaban J connectivity index is 2.16. The molecule has 2 rings (SSSR count). The van der Waals surface area contributed by atoms with Gasteiger partial charge >= 0.3 is 0 Å². The molecule has 1 aromatic carbocycles. The molecule has 1 N–H and O–H groups in total. The molecule has 1 heterocycles. The number of hydrogen-bond donors (Lipinski definition) is 1. The highest BCUT2D eigenvalue weighted by atomic mass is 35.5. The second kappa shape index (κ2) is 9.82. The van der Waals surface area contributed by atoms with Crippen LogP contribution in [-0.4, -0.2) is 43.1 Å². The lowest BCUT2D eigenvalue weighted by atomic mass is 10.3. The van der Waals surface area contributed by atoms with E-state index in [1.165, 1.54) is 35.2 Å². The Morgan fingerprint density at radius 3 is 2.46 bits per heavy atom. The second-order valence-corrected chi connectivity index (χ2v) is 11.5. The van der Waals surface area contributed by atoms with Crippen molar-refractivity contribution in [3.05, 3.63) is 27.2 Å². The van der Waals surface area contributed by atoms with Gasteiger partial charge in [-0.25, -0.2) is 8.42 Å². The van der Waals surface area contributed by atoms with Gasteiger partial charge in [-0.1, -0.05) is 71.7 Å². The lowest BCUT2D eigenvalue weighted by Crippen LogP contribution is -2.37. The number of sulfonamides is 1. The summed E-state index contributed by atoms with van der Waals surface area (Å²) in [5, 5.41) is 11.1. The Kier molecular flexibility index (Phi) is 8.24. The normalized spacial score (nSPS) is 11.7. The van der Waals surface area contributed by atoms with Gasteiger partial charge in [0.05, 0.1) is 27.0 Å². The predicted molar refractivity (Wildman–Crippen MR) is 118 cm³/mol. The summed E-state index contributed by atoms with van der Waals surface area (Å²) < 4.78 is 26.0. The highest BCUT2D eigenvalue weighted by Gasteiger charge is 2.24. The number of hydrogen-bond acceptors (Lipinski definition) is 7. The van der Waals surface area contributed by atoms with Crippen molar-refractivity contribution in [1.82, 2.24) is 10.2 Å². The van der Waals surface area contributed by atoms with Gasteiger partial charge in [0.15, 0.2) is 4.34 Å². The number of anilines is 2. The van der Waals surface area contributed by atoms with E-state index in [9.17, 15) is 13.2 Å². The number of nitrogens with one attached hydrogen (secondary N) is 1. The Bertz CT molecular complexity index is 967. The van der Waals surface area contributed by atoms with Crippen LogP contribution < -0.4 is 9.62 Å². The SMILES string of the molecule is CC(C)CSc1nnc(NC(=O)CN(c2cc(Cl)c(Cl)cc2Cl)S(C)(=O)=O)s1. The van der Waals surface area contributed by atoms with Crippen LogP contribution >= 0.6 is 57.9 Å². The van der Waals surface area contributed by atoms with Crippen LogP contribution in [0.25, 0.3) is 0 Å². The Morgan fingerprint density at radius 2 is 1.86 bits per heavy atom. The van der Waals surface area contributed by atoms with Gasteiger partial charge in [-0.2, -0.15) is 0 Å². The molecule has 0 spiro atoms. The van der Waals surface area contributed by atoms with Crippen molar-refractivity contribution >= 4 is 84.7 Å². The summed E-state index contributed by atoms with van der Waals surface area (Å²) >= 11 is 20.7. The minimum Gasteiger partial charge on any atom is -0.299 e. The number of carbonyl (C=O) groups excluding carboxylic acids is 1. The van der Waals surface area contributed by atoms with Crippen molar-refractivity contribution in [2.24, 2.45) is 5.92 Å². The minimum atomic E-state index is -3.82. The first kappa shape index (κ1) is 23.5. The van der Waals surface area contributed by atoms with Gasteiger partial charge in [0.2, 0.25) is 21.1 Å². The van der Waals surface area contributed by atoms with Crippen molar-refractivity contribution < 1.29 is 13.2 Å². The Morgan fingerprint density at radius 1 is 1.21 bits per heavy atom. The zero-order valence-electron chi connectivity index (χ0n) is 15.1. The van der Waals surface area contributed by atoms with Gasteiger partial charge in [0.25, 0.3) is 0 Å². The maximum atomic E-state index is 12.4. The van der Waals surface area contributed by atoms with E-state index in [-0.39, 0.29) is 25.9 Å². The third-order valence-corrected chi connectivity index (χ3v) is 7.69. The Labute approximate surface area is 186 Å². The van der Waals surface area contributed by atoms with Gasteiger partial charge in [0.1, 0.15) is 6.54 Å². The molecule has 0 unspecified atom stereocenters. The zero-order valence-corrected chi connectivity index (χ0v) is 19.8. The summed E-state index contributed by atoms with van der Waals surface area (Å²) in [6, 6.07) is 2.62. The fourth-order valence-electron chi connectivity index (χ4n) is 1.93. The highest BCUT2D eigenvalue weighted by Crippen LogP contribution is 2.35. The van der Waals surface area contributed by atoms with E-state index in [1.54, 1.807) is 0 Å². The van der Waals surface area contributed by atoms with Crippen molar-refractivity contribution in [3.63, 3.8) is 0 Å². The quantitative estimate of drug-likeness (QED) is 0.320. The fraction of sp³-hybridized carbons (Fsp3) is 0.400. The van der Waals surface area contributed by atoms with Gasteiger partial charge in [0, 0.05) is 5.75 Å². The van der Waals surface area contributed by atoms with Crippen LogP contribution in [0.4, 0.5) is 10.8 Å². The van der Waals surface area contributed by atoms with E-state index in [1.807, 2.05) is 0 Å². The first-order chi connectivity index (χ1) is 13.0. The lowest BCUT2D eigenvalue weighted by Gasteiger charge is -2.23. The average molecular weight is 504 g/mol. The lowest BCUT2D eigenvalue weighted by molar-refractivity contribution is -0.114. The summed E-state index contributed by atoms with van der Waals surface area (Å²) in [5.74, 6) is 0.774. The summed E-state index contributed by atoms with van der Waals surface area (Å²) in [7, 11) is -3.82. The maximum Gasteiger partial charge on any atom is 0.246 e. The van der Waals surface area contributed by atoms with Crippen LogP contribution in [0, 0.1) is 5.92 Å². The minimum absolute atomic E-state index is 0.0518. The van der Waals surface area contributed by atoms with E-state index in [2.05, 4.69) is 29.4 Å². The number of halogens is 3. The molecule has 0 saturated heterocycles. The van der Waals surface area contributed by atoms with Crippen LogP contribution in [0.1, 0.15) is 13.8 Å². The van der Waals surface area contributed by atoms with E-state index in [0.717, 1.165) is 20.7 Å². The third-order valence-electron chi connectivity index (χ3n) is 3.14. The zero-order chi connectivity index (χ0) is 21.1. The third kappa shape index (κ3) is 6.64. The van der Waals surface area contributed by atoms with Crippen molar-refractivity contribution in [3.8, 4) is 0 Å². The fourth-order valence-corrected chi connectivity index (χ4v) is 5.23. The predicted octanol–water partition coefficient (Wildman–Crippen LogP) is 4.65. The molecule has 154 valence electrons. The molecular weight excluding hydrogens is 487 g/mol. The van der Waals surface area contributed by atoms with Crippen molar-refractivity contribution in [2.75, 3.05) is 28.2 Å². The van der Waals surface area contributed by atoms with Crippen LogP contribution in [0.15, 0.2) is 16.5 Å². The molecule has 0 saturated carbocycles. The number of nitrogens with zero attached hydrogens (tertiary/aromatic N) is 3. The summed E-state index contributed by atoms with van der Waals surface area (Å²) in [4.78, 5) is 12.4. The molecule has 0 atom stereocenters. The molecule has 1 aromatic heterocycles. The summed E-state index contributed by atoms with van der Waals surface area (Å²) in [6.45, 7) is 3.67. The summed E-state index contributed by atoms with van der Waals surface area (Å²) in [5.41, 5.74) is 0.0548. The number of benzene rings is 1. The first-order valence-corrected chi connectivity index (χ1v) is 12.6. The number of carbonyl (C=O) groups is 1. The molecule has 0 radical (unpaired) electrons. The van der Waals surface area contributed by atoms with Crippen LogP contribution in [0.5, 0.6) is 0 Å². The highest BCUT2D eigenvalue weighted by molar-refractivity contribution is 8.01. The molecule has 1 amide bonds. The van der Waals surface area contributed by atoms with Gasteiger partial charge in [-0.15, -0.1) is 10.2 Å². The number of rotatable bonds is 8. The largest absolute Gasteiger partial charge is 0.299 e. The van der Waals surface area contributed by atoms with Gasteiger partial charge in [-0.3, -0.25) is 14.4 Å². The molecule has 0 bridgehead atoms. The maximum absolute atomic E-state index is 12.4. The molecular formula is C15H17Cl3N4O3S3. The summed E-state index contributed by atoms with van der Waals surface area (Å²) in [6.07, 6.45) is 0.963. The van der Waals surface area contributed by atoms with Crippen molar-refractivity contribution in [2.45, 2.75) is 18.2 Å². The van der Waals surface area contributed by atoms with Gasteiger partial charge in [-0.05, 0) is 18.1 Å². The molecule has 0 aliphatic rings. The molecule has 0 aliphatic heterocycles. The number of amides is 1. The van der Waals surface area contributed by atoms with Crippen LogP contribution in [0.3, 0.4) is 0 Å². The van der Waals surface area contributed by atoms with Crippen molar-refractivity contribution in [1.29, 1.82) is 0 Å². The van der Waals surface area contributed by atoms with Gasteiger partial charge < -0.3 is 0 Å². The average Bonchev–Trinajstić information content (AvgIpc) is 3.01.